The lowest BCUT2D eigenvalue weighted by Gasteiger charge is -2.22. The van der Waals surface area contributed by atoms with E-state index in [1.54, 1.807) is 6.07 Å². The lowest BCUT2D eigenvalue weighted by atomic mass is 10.2. The molecule has 2 heterocycles. The molecule has 1 amide bonds. The van der Waals surface area contributed by atoms with Gasteiger partial charge in [-0.05, 0) is 37.8 Å². The Bertz CT molecular complexity index is 633. The molecule has 0 radical (unpaired) electrons. The second-order valence-corrected chi connectivity index (χ2v) is 7.49. The summed E-state index contributed by atoms with van der Waals surface area (Å²) in [5.41, 5.74) is 0. The fourth-order valence-electron chi connectivity index (χ4n) is 2.99. The molecular formula is C20H27NO3S. The molecule has 1 aromatic heterocycles. The van der Waals surface area contributed by atoms with Crippen molar-refractivity contribution in [1.82, 2.24) is 4.90 Å². The number of aryl methyl sites for hydroxylation is 1. The minimum Gasteiger partial charge on any atom is -0.477 e. The number of amides is 1. The fourth-order valence-corrected chi connectivity index (χ4v) is 3.87. The van der Waals surface area contributed by atoms with E-state index in [1.807, 2.05) is 11.0 Å². The molecule has 5 heteroatoms. The van der Waals surface area contributed by atoms with Crippen molar-refractivity contribution >= 4 is 23.2 Å². The number of rotatable bonds is 10. The highest BCUT2D eigenvalue weighted by atomic mass is 32.1. The quantitative estimate of drug-likeness (QED) is 0.486. The van der Waals surface area contributed by atoms with E-state index in [1.165, 1.54) is 24.2 Å². The number of likely N-dealkylation sites (tertiary alicyclic amines) is 1. The molecule has 0 aromatic carbocycles. The number of thiophene rings is 1. The second-order valence-electron chi connectivity index (χ2n) is 6.32. The fraction of sp³-hybridized carbons (Fsp3) is 0.500. The molecule has 1 saturated heterocycles. The molecule has 25 heavy (non-hydrogen) atoms. The highest BCUT2D eigenvalue weighted by Crippen LogP contribution is 2.22. The standard InChI is InChI=1S/C20H27NO3S/c1-2-3-4-5-6-7-9-16-11-14-19(22)21(16)15-8-10-17-12-13-18(25-17)20(23)24/h5-7,9,12-13,16H,2-4,8,10-11,14-15H2,1H3,(H,23,24)/b6-5+,9-7+/t16-/m0/s1. The summed E-state index contributed by atoms with van der Waals surface area (Å²) in [6.07, 6.45) is 15.2. The summed E-state index contributed by atoms with van der Waals surface area (Å²) >= 11 is 1.32. The Morgan fingerprint density at radius 2 is 2.20 bits per heavy atom. The van der Waals surface area contributed by atoms with Gasteiger partial charge in [-0.2, -0.15) is 0 Å². The van der Waals surface area contributed by atoms with Crippen LogP contribution in [0.1, 0.15) is 60.0 Å². The number of unbranched alkanes of at least 4 members (excludes halogenated alkanes) is 2. The molecule has 0 bridgehead atoms. The van der Waals surface area contributed by atoms with Crippen LogP contribution < -0.4 is 0 Å². The first-order chi connectivity index (χ1) is 12.1. The summed E-state index contributed by atoms with van der Waals surface area (Å²) < 4.78 is 0. The molecule has 136 valence electrons. The van der Waals surface area contributed by atoms with E-state index in [0.717, 1.165) is 37.1 Å². The molecule has 1 aliphatic heterocycles. The Kier molecular flexibility index (Phi) is 7.92. The molecule has 1 aliphatic rings. The van der Waals surface area contributed by atoms with Gasteiger partial charge < -0.3 is 10.0 Å². The lowest BCUT2D eigenvalue weighted by Crippen LogP contribution is -2.32. The topological polar surface area (TPSA) is 57.6 Å². The highest BCUT2D eigenvalue weighted by molar-refractivity contribution is 7.13. The predicted molar refractivity (Wildman–Crippen MR) is 102 cm³/mol. The van der Waals surface area contributed by atoms with Crippen LogP contribution in [0.25, 0.3) is 0 Å². The Morgan fingerprint density at radius 1 is 1.36 bits per heavy atom. The minimum absolute atomic E-state index is 0.196. The van der Waals surface area contributed by atoms with E-state index < -0.39 is 5.97 Å². The molecule has 1 aromatic rings. The third-order valence-corrected chi connectivity index (χ3v) is 5.51. The Hall–Kier alpha value is -1.88. The third kappa shape index (κ3) is 6.16. The van der Waals surface area contributed by atoms with Crippen LogP contribution in [0, 0.1) is 0 Å². The highest BCUT2D eigenvalue weighted by Gasteiger charge is 2.28. The zero-order valence-corrected chi connectivity index (χ0v) is 15.6. The lowest BCUT2D eigenvalue weighted by molar-refractivity contribution is -0.128. The van der Waals surface area contributed by atoms with Crippen LogP contribution in [-0.4, -0.2) is 34.5 Å². The number of allylic oxidation sites excluding steroid dienone is 3. The first kappa shape index (κ1) is 19.4. The van der Waals surface area contributed by atoms with Crippen LogP contribution in [0.2, 0.25) is 0 Å². The van der Waals surface area contributed by atoms with Crippen molar-refractivity contribution < 1.29 is 14.7 Å². The zero-order chi connectivity index (χ0) is 18.1. The molecule has 0 spiro atoms. The van der Waals surface area contributed by atoms with Gasteiger partial charge in [-0.3, -0.25) is 4.79 Å². The molecule has 1 fully saturated rings. The van der Waals surface area contributed by atoms with E-state index in [-0.39, 0.29) is 11.9 Å². The Labute approximate surface area is 153 Å². The van der Waals surface area contributed by atoms with Gasteiger partial charge in [0.1, 0.15) is 4.88 Å². The SMILES string of the molecule is CCCC/C=C/C=C/[C@H]1CCC(=O)N1CCCc1ccc(C(=O)O)s1. The van der Waals surface area contributed by atoms with Crippen LogP contribution in [-0.2, 0) is 11.2 Å². The van der Waals surface area contributed by atoms with Gasteiger partial charge in [0, 0.05) is 17.8 Å². The average Bonchev–Trinajstić information content (AvgIpc) is 3.19. The van der Waals surface area contributed by atoms with Crippen molar-refractivity contribution in [1.29, 1.82) is 0 Å². The van der Waals surface area contributed by atoms with Crippen LogP contribution in [0.5, 0.6) is 0 Å². The number of carboxylic acid groups (broad SMARTS) is 1. The predicted octanol–water partition coefficient (Wildman–Crippen LogP) is 4.67. The van der Waals surface area contributed by atoms with Crippen molar-refractivity contribution in [3.8, 4) is 0 Å². The molecule has 0 aliphatic carbocycles. The number of hydrogen-bond donors (Lipinski definition) is 1. The molecule has 2 rings (SSSR count). The maximum Gasteiger partial charge on any atom is 0.345 e. The maximum atomic E-state index is 12.1. The van der Waals surface area contributed by atoms with Crippen LogP contribution >= 0.6 is 11.3 Å². The molecule has 4 nitrogen and oxygen atoms in total. The monoisotopic (exact) mass is 361 g/mol. The summed E-state index contributed by atoms with van der Waals surface area (Å²) in [5.74, 6) is -0.648. The van der Waals surface area contributed by atoms with Crippen molar-refractivity contribution in [2.24, 2.45) is 0 Å². The summed E-state index contributed by atoms with van der Waals surface area (Å²) in [6.45, 7) is 2.91. The van der Waals surface area contributed by atoms with Gasteiger partial charge in [0.25, 0.3) is 0 Å². The van der Waals surface area contributed by atoms with E-state index >= 15 is 0 Å². The summed E-state index contributed by atoms with van der Waals surface area (Å²) in [4.78, 5) is 26.4. The average molecular weight is 362 g/mol. The number of carbonyl (C=O) groups excluding carboxylic acids is 1. The molecule has 0 unspecified atom stereocenters. The van der Waals surface area contributed by atoms with Crippen LogP contribution in [0.3, 0.4) is 0 Å². The van der Waals surface area contributed by atoms with Gasteiger partial charge in [-0.15, -0.1) is 11.3 Å². The number of aromatic carboxylic acids is 1. The summed E-state index contributed by atoms with van der Waals surface area (Å²) in [5, 5.41) is 8.96. The summed E-state index contributed by atoms with van der Waals surface area (Å²) in [6, 6.07) is 3.72. The van der Waals surface area contributed by atoms with Crippen molar-refractivity contribution in [3.05, 3.63) is 46.2 Å². The van der Waals surface area contributed by atoms with Crippen molar-refractivity contribution in [2.45, 2.75) is 57.9 Å². The largest absolute Gasteiger partial charge is 0.477 e. The van der Waals surface area contributed by atoms with Crippen LogP contribution in [0.15, 0.2) is 36.4 Å². The van der Waals surface area contributed by atoms with Gasteiger partial charge in [0.15, 0.2) is 0 Å². The Morgan fingerprint density at radius 3 is 2.92 bits per heavy atom. The molecule has 1 N–H and O–H groups in total. The number of nitrogens with zero attached hydrogens (tertiary/aromatic N) is 1. The van der Waals surface area contributed by atoms with E-state index in [2.05, 4.69) is 31.2 Å². The van der Waals surface area contributed by atoms with Crippen molar-refractivity contribution in [2.75, 3.05) is 6.54 Å². The number of carbonyl (C=O) groups is 2. The van der Waals surface area contributed by atoms with Gasteiger partial charge in [-0.25, -0.2) is 4.79 Å². The second kappa shape index (κ2) is 10.2. The molecular weight excluding hydrogens is 334 g/mol. The molecule has 1 atom stereocenters. The normalized spacial score (nSPS) is 18.0. The number of carboxylic acids is 1. The number of hydrogen-bond acceptors (Lipinski definition) is 3. The minimum atomic E-state index is -0.872. The Balaban J connectivity index is 1.79. The molecule has 0 saturated carbocycles. The van der Waals surface area contributed by atoms with E-state index in [0.29, 0.717) is 11.3 Å². The van der Waals surface area contributed by atoms with Gasteiger partial charge in [0.05, 0.1) is 6.04 Å². The van der Waals surface area contributed by atoms with E-state index in [4.69, 9.17) is 5.11 Å². The van der Waals surface area contributed by atoms with Gasteiger partial charge >= 0.3 is 5.97 Å². The first-order valence-corrected chi connectivity index (χ1v) is 9.88. The maximum absolute atomic E-state index is 12.1. The zero-order valence-electron chi connectivity index (χ0n) is 14.8. The van der Waals surface area contributed by atoms with Crippen LogP contribution in [0.4, 0.5) is 0 Å². The van der Waals surface area contributed by atoms with Gasteiger partial charge in [0.2, 0.25) is 5.91 Å². The smallest absolute Gasteiger partial charge is 0.345 e. The third-order valence-electron chi connectivity index (χ3n) is 4.37. The van der Waals surface area contributed by atoms with E-state index in [9.17, 15) is 9.59 Å². The van der Waals surface area contributed by atoms with Crippen molar-refractivity contribution in [3.63, 3.8) is 0 Å². The first-order valence-electron chi connectivity index (χ1n) is 9.06. The summed E-state index contributed by atoms with van der Waals surface area (Å²) in [7, 11) is 0. The van der Waals surface area contributed by atoms with Gasteiger partial charge in [-0.1, -0.05) is 44.1 Å².